The molecule has 0 aliphatic carbocycles. The molecular weight excluding hydrogens is 340 g/mol. The zero-order valence-electron chi connectivity index (χ0n) is 13.1. The van der Waals surface area contributed by atoms with Crippen molar-refractivity contribution in [1.29, 1.82) is 0 Å². The van der Waals surface area contributed by atoms with Crippen LogP contribution in [0.1, 0.15) is 11.3 Å². The molecule has 0 unspecified atom stereocenters. The van der Waals surface area contributed by atoms with Gasteiger partial charge in [0, 0.05) is 42.4 Å². The quantitative estimate of drug-likeness (QED) is 0.787. The van der Waals surface area contributed by atoms with Gasteiger partial charge in [0.2, 0.25) is 5.91 Å². The molecule has 0 saturated carbocycles. The first-order chi connectivity index (χ1) is 11.7. The number of carbonyl (C=O) groups excluding carboxylic acids is 1. The molecule has 0 N–H and O–H groups in total. The lowest BCUT2D eigenvalue weighted by Crippen LogP contribution is -2.60. The fourth-order valence-corrected chi connectivity index (χ4v) is 5.30. The maximum atomic E-state index is 12.2. The number of thioether (sulfide) groups is 1. The zero-order valence-corrected chi connectivity index (χ0v) is 14.8. The second-order valence-corrected chi connectivity index (χ2v) is 8.64. The molecule has 0 bridgehead atoms. The van der Waals surface area contributed by atoms with Gasteiger partial charge in [-0.2, -0.15) is 0 Å². The Morgan fingerprint density at radius 2 is 2.29 bits per heavy atom. The van der Waals surface area contributed by atoms with Crippen molar-refractivity contribution in [2.45, 2.75) is 17.3 Å². The average molecular weight is 358 g/mol. The van der Waals surface area contributed by atoms with Gasteiger partial charge in [-0.05, 0) is 29.7 Å². The van der Waals surface area contributed by atoms with E-state index >= 15 is 0 Å². The van der Waals surface area contributed by atoms with Crippen molar-refractivity contribution in [3.05, 3.63) is 53.0 Å². The van der Waals surface area contributed by atoms with Crippen LogP contribution in [0.4, 0.5) is 0 Å². The first kappa shape index (κ1) is 15.7. The number of carbonyl (C=O) groups is 1. The van der Waals surface area contributed by atoms with Crippen molar-refractivity contribution >= 4 is 35.1 Å². The largest absolute Gasteiger partial charge is 0.488 e. The summed E-state index contributed by atoms with van der Waals surface area (Å²) in [6.45, 7) is 1.64. The SMILES string of the molecule is O=C(/C=C/c1cccs1)N1CC2(C[C@@H](Oc3cccnc3)CS2)C1. The second kappa shape index (κ2) is 6.61. The van der Waals surface area contributed by atoms with Gasteiger partial charge in [-0.25, -0.2) is 0 Å². The number of amides is 1. The van der Waals surface area contributed by atoms with Crippen LogP contribution in [0, 0.1) is 0 Å². The molecule has 2 aromatic heterocycles. The molecule has 2 saturated heterocycles. The molecule has 2 aliphatic rings. The summed E-state index contributed by atoms with van der Waals surface area (Å²) >= 11 is 3.57. The Balaban J connectivity index is 1.28. The minimum absolute atomic E-state index is 0.103. The Bertz CT molecular complexity index is 725. The van der Waals surface area contributed by atoms with Crippen LogP contribution in [-0.2, 0) is 4.79 Å². The van der Waals surface area contributed by atoms with Crippen molar-refractivity contribution in [2.75, 3.05) is 18.8 Å². The Kier molecular flexibility index (Phi) is 4.33. The van der Waals surface area contributed by atoms with Gasteiger partial charge in [0.05, 0.1) is 10.9 Å². The lowest BCUT2D eigenvalue weighted by Gasteiger charge is -2.47. The summed E-state index contributed by atoms with van der Waals surface area (Å²) in [6, 6.07) is 7.83. The zero-order chi connectivity index (χ0) is 16.4. The van der Waals surface area contributed by atoms with E-state index in [1.54, 1.807) is 29.8 Å². The van der Waals surface area contributed by atoms with Gasteiger partial charge in [0.15, 0.2) is 0 Å². The lowest BCUT2D eigenvalue weighted by atomic mass is 9.93. The summed E-state index contributed by atoms with van der Waals surface area (Å²) in [6.07, 6.45) is 8.28. The highest BCUT2D eigenvalue weighted by Crippen LogP contribution is 2.46. The van der Waals surface area contributed by atoms with Crippen molar-refractivity contribution in [3.63, 3.8) is 0 Å². The highest BCUT2D eigenvalue weighted by Gasteiger charge is 2.50. The number of hydrogen-bond donors (Lipinski definition) is 0. The number of thiophene rings is 1. The summed E-state index contributed by atoms with van der Waals surface area (Å²) in [7, 11) is 0. The molecule has 1 atom stereocenters. The molecule has 24 heavy (non-hydrogen) atoms. The molecular formula is C18H18N2O2S2. The highest BCUT2D eigenvalue weighted by molar-refractivity contribution is 8.01. The molecule has 1 amide bonds. The van der Waals surface area contributed by atoms with Crippen molar-refractivity contribution in [1.82, 2.24) is 9.88 Å². The first-order valence-corrected chi connectivity index (χ1v) is 9.80. The number of nitrogens with zero attached hydrogens (tertiary/aromatic N) is 2. The highest BCUT2D eigenvalue weighted by atomic mass is 32.2. The molecule has 2 aliphatic heterocycles. The molecule has 4 heterocycles. The van der Waals surface area contributed by atoms with E-state index in [-0.39, 0.29) is 16.8 Å². The van der Waals surface area contributed by atoms with E-state index in [0.717, 1.165) is 35.9 Å². The minimum Gasteiger partial charge on any atom is -0.488 e. The van der Waals surface area contributed by atoms with Crippen LogP contribution in [0.2, 0.25) is 0 Å². The molecule has 2 aromatic rings. The lowest BCUT2D eigenvalue weighted by molar-refractivity contribution is -0.131. The smallest absolute Gasteiger partial charge is 0.246 e. The number of rotatable bonds is 4. The van der Waals surface area contributed by atoms with Gasteiger partial charge in [0.1, 0.15) is 11.9 Å². The Morgan fingerprint density at radius 1 is 1.38 bits per heavy atom. The summed E-state index contributed by atoms with van der Waals surface area (Å²) in [4.78, 5) is 19.3. The number of likely N-dealkylation sites (tertiary alicyclic amines) is 1. The van der Waals surface area contributed by atoms with E-state index in [1.165, 1.54) is 0 Å². The maximum absolute atomic E-state index is 12.2. The Labute approximate surface area is 149 Å². The van der Waals surface area contributed by atoms with Crippen LogP contribution in [-0.4, -0.2) is 45.5 Å². The van der Waals surface area contributed by atoms with Crippen LogP contribution < -0.4 is 4.74 Å². The normalized spacial score (nSPS) is 22.0. The van der Waals surface area contributed by atoms with E-state index in [0.29, 0.717) is 0 Å². The van der Waals surface area contributed by atoms with Gasteiger partial charge < -0.3 is 9.64 Å². The summed E-state index contributed by atoms with van der Waals surface area (Å²) < 4.78 is 6.18. The van der Waals surface area contributed by atoms with E-state index in [1.807, 2.05) is 52.4 Å². The third kappa shape index (κ3) is 3.35. The van der Waals surface area contributed by atoms with E-state index in [4.69, 9.17) is 4.74 Å². The van der Waals surface area contributed by atoms with Crippen LogP contribution in [0.3, 0.4) is 0 Å². The van der Waals surface area contributed by atoms with Gasteiger partial charge in [-0.15, -0.1) is 23.1 Å². The number of ether oxygens (including phenoxy) is 1. The van der Waals surface area contributed by atoms with E-state index in [9.17, 15) is 4.79 Å². The topological polar surface area (TPSA) is 42.4 Å². The fraction of sp³-hybridized carbons (Fsp3) is 0.333. The van der Waals surface area contributed by atoms with Crippen LogP contribution in [0.15, 0.2) is 48.1 Å². The number of pyridine rings is 1. The predicted molar refractivity (Wildman–Crippen MR) is 98.4 cm³/mol. The van der Waals surface area contributed by atoms with Gasteiger partial charge in [-0.1, -0.05) is 6.07 Å². The van der Waals surface area contributed by atoms with Crippen LogP contribution in [0.5, 0.6) is 5.75 Å². The predicted octanol–water partition coefficient (Wildman–Crippen LogP) is 3.32. The molecule has 4 nitrogen and oxygen atoms in total. The first-order valence-electron chi connectivity index (χ1n) is 7.94. The van der Waals surface area contributed by atoms with Gasteiger partial charge >= 0.3 is 0 Å². The Morgan fingerprint density at radius 3 is 3.04 bits per heavy atom. The molecule has 124 valence electrons. The molecule has 1 spiro atoms. The third-order valence-electron chi connectivity index (χ3n) is 4.32. The molecule has 4 rings (SSSR count). The molecule has 2 fully saturated rings. The van der Waals surface area contributed by atoms with Gasteiger partial charge in [0.25, 0.3) is 0 Å². The summed E-state index contributed by atoms with van der Waals surface area (Å²) in [5, 5.41) is 2.01. The van der Waals surface area contributed by atoms with E-state index < -0.39 is 0 Å². The van der Waals surface area contributed by atoms with Crippen molar-refractivity contribution in [2.24, 2.45) is 0 Å². The monoisotopic (exact) mass is 358 g/mol. The molecule has 0 radical (unpaired) electrons. The van der Waals surface area contributed by atoms with Gasteiger partial charge in [-0.3, -0.25) is 9.78 Å². The standard InChI is InChI=1S/C18H18N2O2S2/c21-17(6-5-16-4-2-8-23-16)20-12-18(13-20)9-15(11-24-18)22-14-3-1-7-19-10-14/h1-8,10,15H,9,11-13H2/b6-5+/t15-/m1/s1. The average Bonchev–Trinajstić information content (AvgIpc) is 3.22. The molecule has 0 aromatic carbocycles. The third-order valence-corrected chi connectivity index (χ3v) is 6.73. The fourth-order valence-electron chi connectivity index (χ4n) is 3.16. The van der Waals surface area contributed by atoms with Crippen molar-refractivity contribution in [3.8, 4) is 5.75 Å². The van der Waals surface area contributed by atoms with Crippen molar-refractivity contribution < 1.29 is 9.53 Å². The summed E-state index contributed by atoms with van der Waals surface area (Å²) in [5.41, 5.74) is 0. The second-order valence-electron chi connectivity index (χ2n) is 6.17. The number of hydrogen-bond acceptors (Lipinski definition) is 5. The Hall–Kier alpha value is -1.79. The minimum atomic E-state index is 0.103. The summed E-state index contributed by atoms with van der Waals surface area (Å²) in [5.74, 6) is 1.90. The maximum Gasteiger partial charge on any atom is 0.246 e. The number of aromatic nitrogens is 1. The van der Waals surface area contributed by atoms with E-state index in [2.05, 4.69) is 4.98 Å². The van der Waals surface area contributed by atoms with Crippen LogP contribution >= 0.6 is 23.1 Å². The van der Waals surface area contributed by atoms with Crippen LogP contribution in [0.25, 0.3) is 6.08 Å². The molecule has 6 heteroatoms.